The van der Waals surface area contributed by atoms with Gasteiger partial charge in [0.25, 0.3) is 0 Å². The van der Waals surface area contributed by atoms with E-state index in [1.54, 1.807) is 12.1 Å². The minimum absolute atomic E-state index is 0.0965. The van der Waals surface area contributed by atoms with E-state index in [4.69, 9.17) is 4.74 Å². The van der Waals surface area contributed by atoms with Crippen LogP contribution in [0.1, 0.15) is 12.5 Å². The fourth-order valence-electron chi connectivity index (χ4n) is 1.80. The van der Waals surface area contributed by atoms with Crippen LogP contribution in [0.25, 0.3) is 0 Å². The van der Waals surface area contributed by atoms with E-state index < -0.39 is 0 Å². The molecule has 1 aromatic rings. The Bertz CT molecular complexity index is 392. The molecule has 0 aromatic heterocycles. The molecule has 1 aliphatic heterocycles. The largest absolute Gasteiger partial charge is 0.488 e. The predicted octanol–water partition coefficient (Wildman–Crippen LogP) is 2.29. The highest BCUT2D eigenvalue weighted by molar-refractivity contribution is 5.37. The minimum Gasteiger partial charge on any atom is -0.488 e. The predicted molar refractivity (Wildman–Crippen MR) is 62.2 cm³/mol. The molecular formula is C13H16FNO. The van der Waals surface area contributed by atoms with Crippen molar-refractivity contribution >= 4 is 0 Å². The number of ether oxygens (including phenoxy) is 1. The van der Waals surface area contributed by atoms with Crippen LogP contribution in [0.4, 0.5) is 4.39 Å². The Morgan fingerprint density at radius 3 is 3.25 bits per heavy atom. The van der Waals surface area contributed by atoms with Gasteiger partial charge in [-0.2, -0.15) is 0 Å². The number of hydrogen-bond acceptors (Lipinski definition) is 2. The SMILES string of the molecule is C=CC(C)NCC1Cc2cc(F)ccc2O1. The summed E-state index contributed by atoms with van der Waals surface area (Å²) in [6, 6.07) is 4.94. The first-order valence-corrected chi connectivity index (χ1v) is 5.50. The number of benzene rings is 1. The van der Waals surface area contributed by atoms with Gasteiger partial charge >= 0.3 is 0 Å². The van der Waals surface area contributed by atoms with Crippen molar-refractivity contribution in [2.24, 2.45) is 0 Å². The molecular weight excluding hydrogens is 205 g/mol. The molecule has 0 saturated heterocycles. The molecule has 1 heterocycles. The quantitative estimate of drug-likeness (QED) is 0.788. The first-order valence-electron chi connectivity index (χ1n) is 5.50. The van der Waals surface area contributed by atoms with Gasteiger partial charge in [0.05, 0.1) is 0 Å². The van der Waals surface area contributed by atoms with Crippen molar-refractivity contribution in [1.29, 1.82) is 0 Å². The number of halogens is 1. The van der Waals surface area contributed by atoms with E-state index in [0.717, 1.165) is 24.3 Å². The van der Waals surface area contributed by atoms with Crippen LogP contribution in [0.3, 0.4) is 0 Å². The molecule has 86 valence electrons. The molecule has 0 aliphatic carbocycles. The van der Waals surface area contributed by atoms with Crippen LogP contribution in [0, 0.1) is 5.82 Å². The smallest absolute Gasteiger partial charge is 0.123 e. The topological polar surface area (TPSA) is 21.3 Å². The van der Waals surface area contributed by atoms with Crippen molar-refractivity contribution in [3.8, 4) is 5.75 Å². The van der Waals surface area contributed by atoms with Crippen molar-refractivity contribution in [2.45, 2.75) is 25.5 Å². The summed E-state index contributed by atoms with van der Waals surface area (Å²) in [6.07, 6.45) is 2.71. The summed E-state index contributed by atoms with van der Waals surface area (Å²) < 4.78 is 18.7. The highest BCUT2D eigenvalue weighted by Gasteiger charge is 2.22. The summed E-state index contributed by atoms with van der Waals surface area (Å²) in [5.74, 6) is 0.606. The fourth-order valence-corrected chi connectivity index (χ4v) is 1.80. The van der Waals surface area contributed by atoms with Gasteiger partial charge in [0.15, 0.2) is 0 Å². The van der Waals surface area contributed by atoms with Crippen molar-refractivity contribution < 1.29 is 9.13 Å². The van der Waals surface area contributed by atoms with E-state index in [2.05, 4.69) is 11.9 Å². The zero-order valence-electron chi connectivity index (χ0n) is 9.37. The van der Waals surface area contributed by atoms with Crippen LogP contribution < -0.4 is 10.1 Å². The van der Waals surface area contributed by atoms with E-state index in [1.165, 1.54) is 6.07 Å². The Hall–Kier alpha value is -1.35. The Labute approximate surface area is 95.1 Å². The van der Waals surface area contributed by atoms with Crippen molar-refractivity contribution in [1.82, 2.24) is 5.32 Å². The molecule has 1 N–H and O–H groups in total. The first kappa shape index (κ1) is 11.1. The average molecular weight is 221 g/mol. The van der Waals surface area contributed by atoms with Gasteiger partial charge in [-0.05, 0) is 25.1 Å². The van der Waals surface area contributed by atoms with E-state index in [9.17, 15) is 4.39 Å². The van der Waals surface area contributed by atoms with Gasteiger partial charge in [0, 0.05) is 24.6 Å². The second-order valence-electron chi connectivity index (χ2n) is 4.13. The first-order chi connectivity index (χ1) is 7.69. The van der Waals surface area contributed by atoms with Crippen LogP contribution in [0.15, 0.2) is 30.9 Å². The molecule has 0 bridgehead atoms. The van der Waals surface area contributed by atoms with Crippen LogP contribution in [-0.4, -0.2) is 18.7 Å². The average Bonchev–Trinajstić information content (AvgIpc) is 2.67. The van der Waals surface area contributed by atoms with Crippen LogP contribution in [-0.2, 0) is 6.42 Å². The molecule has 1 aromatic carbocycles. The van der Waals surface area contributed by atoms with E-state index in [0.29, 0.717) is 0 Å². The molecule has 0 radical (unpaired) electrons. The highest BCUT2D eigenvalue weighted by atomic mass is 19.1. The standard InChI is InChI=1S/C13H16FNO/c1-3-9(2)15-8-12-7-10-6-11(14)4-5-13(10)16-12/h3-6,9,12,15H,1,7-8H2,2H3. The lowest BCUT2D eigenvalue weighted by Gasteiger charge is -2.14. The van der Waals surface area contributed by atoms with Gasteiger partial charge in [-0.3, -0.25) is 0 Å². The van der Waals surface area contributed by atoms with E-state index in [-0.39, 0.29) is 18.0 Å². The molecule has 0 saturated carbocycles. The molecule has 2 rings (SSSR count). The molecule has 2 nitrogen and oxygen atoms in total. The van der Waals surface area contributed by atoms with Gasteiger partial charge in [0.1, 0.15) is 17.7 Å². The number of hydrogen-bond donors (Lipinski definition) is 1. The third kappa shape index (κ3) is 2.42. The zero-order chi connectivity index (χ0) is 11.5. The molecule has 16 heavy (non-hydrogen) atoms. The van der Waals surface area contributed by atoms with Crippen molar-refractivity contribution in [2.75, 3.05) is 6.54 Å². The second-order valence-corrected chi connectivity index (χ2v) is 4.13. The Morgan fingerprint density at radius 2 is 2.50 bits per heavy atom. The Balaban J connectivity index is 1.93. The lowest BCUT2D eigenvalue weighted by molar-refractivity contribution is 0.225. The third-order valence-corrected chi connectivity index (χ3v) is 2.78. The van der Waals surface area contributed by atoms with Gasteiger partial charge in [-0.1, -0.05) is 6.08 Å². The molecule has 2 unspecified atom stereocenters. The number of nitrogens with one attached hydrogen (secondary N) is 1. The minimum atomic E-state index is -0.199. The summed E-state index contributed by atoms with van der Waals surface area (Å²) in [6.45, 7) is 6.49. The van der Waals surface area contributed by atoms with Crippen molar-refractivity contribution in [3.05, 3.63) is 42.2 Å². The summed E-state index contributed by atoms with van der Waals surface area (Å²) in [5, 5.41) is 3.29. The molecule has 0 amide bonds. The van der Waals surface area contributed by atoms with Gasteiger partial charge < -0.3 is 10.1 Å². The summed E-state index contributed by atoms with van der Waals surface area (Å²) >= 11 is 0. The number of fused-ring (bicyclic) bond motifs is 1. The molecule has 2 atom stereocenters. The molecule has 3 heteroatoms. The van der Waals surface area contributed by atoms with Crippen LogP contribution in [0.2, 0.25) is 0 Å². The zero-order valence-corrected chi connectivity index (χ0v) is 9.37. The maximum absolute atomic E-state index is 13.0. The molecule has 0 spiro atoms. The summed E-state index contributed by atoms with van der Waals surface area (Å²) in [7, 11) is 0. The van der Waals surface area contributed by atoms with Gasteiger partial charge in [0.2, 0.25) is 0 Å². The summed E-state index contributed by atoms with van der Waals surface area (Å²) in [4.78, 5) is 0. The maximum Gasteiger partial charge on any atom is 0.123 e. The normalized spacial score (nSPS) is 20.0. The van der Waals surface area contributed by atoms with Gasteiger partial charge in [-0.15, -0.1) is 6.58 Å². The lowest BCUT2D eigenvalue weighted by Crippen LogP contribution is -2.34. The van der Waals surface area contributed by atoms with E-state index >= 15 is 0 Å². The van der Waals surface area contributed by atoms with Crippen molar-refractivity contribution in [3.63, 3.8) is 0 Å². The fraction of sp³-hybridized carbons (Fsp3) is 0.385. The summed E-state index contributed by atoms with van der Waals surface area (Å²) in [5.41, 5.74) is 0.957. The lowest BCUT2D eigenvalue weighted by atomic mass is 10.1. The maximum atomic E-state index is 13.0. The highest BCUT2D eigenvalue weighted by Crippen LogP contribution is 2.28. The monoisotopic (exact) mass is 221 g/mol. The Kier molecular flexibility index (Phi) is 3.25. The van der Waals surface area contributed by atoms with E-state index in [1.807, 2.05) is 13.0 Å². The second kappa shape index (κ2) is 4.66. The Morgan fingerprint density at radius 1 is 1.69 bits per heavy atom. The third-order valence-electron chi connectivity index (χ3n) is 2.78. The van der Waals surface area contributed by atoms with Crippen LogP contribution in [0.5, 0.6) is 5.75 Å². The van der Waals surface area contributed by atoms with Crippen LogP contribution >= 0.6 is 0 Å². The van der Waals surface area contributed by atoms with Gasteiger partial charge in [-0.25, -0.2) is 4.39 Å². The molecule has 1 aliphatic rings. The number of rotatable bonds is 4. The molecule has 0 fully saturated rings.